The highest BCUT2D eigenvalue weighted by atomic mass is 16.6. The van der Waals surface area contributed by atoms with Crippen LogP contribution in [0.4, 0.5) is 11.4 Å². The molecule has 1 aromatic carbocycles. The summed E-state index contributed by atoms with van der Waals surface area (Å²) in [5.41, 5.74) is 0.428. The number of rotatable bonds is 6. The van der Waals surface area contributed by atoms with Crippen LogP contribution in [0.15, 0.2) is 18.2 Å². The van der Waals surface area contributed by atoms with Gasteiger partial charge in [0.15, 0.2) is 5.75 Å². The summed E-state index contributed by atoms with van der Waals surface area (Å²) >= 11 is 0. The molecule has 0 aliphatic heterocycles. The number of nitro benzene ring substituents is 1. The van der Waals surface area contributed by atoms with Gasteiger partial charge in [0, 0.05) is 13.1 Å². The minimum absolute atomic E-state index is 0.0558. The number of hydrogen-bond donors (Lipinski definition) is 0. The minimum Gasteiger partial charge on any atom is -0.490 e. The molecule has 0 radical (unpaired) electrons. The summed E-state index contributed by atoms with van der Waals surface area (Å²) in [6.07, 6.45) is 0.322. The number of anilines is 1. The number of benzene rings is 1. The molecular formula is C12H15N3O3. The first-order valence-corrected chi connectivity index (χ1v) is 5.59. The predicted octanol–water partition coefficient (Wildman–Crippen LogP) is 2.34. The molecule has 0 amide bonds. The van der Waals surface area contributed by atoms with Crippen molar-refractivity contribution in [2.45, 2.75) is 13.3 Å². The minimum atomic E-state index is -0.455. The van der Waals surface area contributed by atoms with Gasteiger partial charge in [-0.05, 0) is 19.1 Å². The molecule has 0 saturated carbocycles. The van der Waals surface area contributed by atoms with E-state index in [1.807, 2.05) is 13.0 Å². The molecule has 0 fully saturated rings. The molecule has 0 heterocycles. The van der Waals surface area contributed by atoms with Crippen LogP contribution < -0.4 is 9.64 Å². The van der Waals surface area contributed by atoms with Crippen LogP contribution in [0.1, 0.15) is 13.3 Å². The van der Waals surface area contributed by atoms with Crippen LogP contribution in [-0.4, -0.2) is 25.1 Å². The van der Waals surface area contributed by atoms with Crippen LogP contribution in [0.25, 0.3) is 0 Å². The molecule has 6 heteroatoms. The molecule has 0 atom stereocenters. The van der Waals surface area contributed by atoms with Crippen LogP contribution in [0.3, 0.4) is 0 Å². The molecule has 0 aliphatic rings. The first-order chi connectivity index (χ1) is 8.65. The van der Waals surface area contributed by atoms with Crippen molar-refractivity contribution in [3.8, 4) is 11.8 Å². The van der Waals surface area contributed by atoms with Crippen molar-refractivity contribution in [1.82, 2.24) is 0 Å². The third-order valence-corrected chi connectivity index (χ3v) is 2.60. The van der Waals surface area contributed by atoms with Gasteiger partial charge in [0.2, 0.25) is 0 Å². The quantitative estimate of drug-likeness (QED) is 0.571. The zero-order valence-electron chi connectivity index (χ0n) is 10.4. The number of nitriles is 1. The Kier molecular flexibility index (Phi) is 4.93. The average Bonchev–Trinajstić information content (AvgIpc) is 2.38. The number of ether oxygens (including phenoxy) is 1. The van der Waals surface area contributed by atoms with Gasteiger partial charge >= 0.3 is 5.69 Å². The van der Waals surface area contributed by atoms with Crippen LogP contribution in [0.5, 0.6) is 5.75 Å². The van der Waals surface area contributed by atoms with E-state index in [1.54, 1.807) is 23.1 Å². The Labute approximate surface area is 106 Å². The Bertz CT molecular complexity index is 468. The Morgan fingerprint density at radius 3 is 2.78 bits per heavy atom. The summed E-state index contributed by atoms with van der Waals surface area (Å²) in [4.78, 5) is 12.5. The monoisotopic (exact) mass is 249 g/mol. The van der Waals surface area contributed by atoms with Gasteiger partial charge in [-0.1, -0.05) is 6.07 Å². The number of nitrogens with zero attached hydrogens (tertiary/aromatic N) is 3. The van der Waals surface area contributed by atoms with Crippen molar-refractivity contribution in [3.63, 3.8) is 0 Å². The van der Waals surface area contributed by atoms with Crippen molar-refractivity contribution in [3.05, 3.63) is 28.3 Å². The summed E-state index contributed by atoms with van der Waals surface area (Å²) in [7, 11) is 1.40. The van der Waals surface area contributed by atoms with Gasteiger partial charge in [0.1, 0.15) is 5.69 Å². The van der Waals surface area contributed by atoms with Gasteiger partial charge in [-0.2, -0.15) is 5.26 Å². The fourth-order valence-electron chi connectivity index (χ4n) is 1.75. The number of hydrogen-bond acceptors (Lipinski definition) is 5. The van der Waals surface area contributed by atoms with Gasteiger partial charge < -0.3 is 9.64 Å². The van der Waals surface area contributed by atoms with E-state index >= 15 is 0 Å². The fraction of sp³-hybridized carbons (Fsp3) is 0.417. The number of methoxy groups -OCH3 is 1. The van der Waals surface area contributed by atoms with E-state index in [2.05, 4.69) is 0 Å². The third-order valence-electron chi connectivity index (χ3n) is 2.60. The van der Waals surface area contributed by atoms with Gasteiger partial charge in [-0.15, -0.1) is 0 Å². The molecular weight excluding hydrogens is 234 g/mol. The molecule has 0 spiro atoms. The standard InChI is InChI=1S/C12H15N3O3/c1-3-14(9-5-8-13)10-6-4-7-11(18-2)12(10)15(16)17/h4,6-7H,3,5,9H2,1-2H3. The lowest BCUT2D eigenvalue weighted by Gasteiger charge is -2.22. The third kappa shape index (κ3) is 2.88. The molecule has 0 N–H and O–H groups in total. The molecule has 0 unspecified atom stereocenters. The van der Waals surface area contributed by atoms with Crippen molar-refractivity contribution in [2.24, 2.45) is 0 Å². The van der Waals surface area contributed by atoms with E-state index in [1.165, 1.54) is 7.11 Å². The number of para-hydroxylation sites is 1. The van der Waals surface area contributed by atoms with Crippen LogP contribution in [0.2, 0.25) is 0 Å². The Hall–Kier alpha value is -2.29. The van der Waals surface area contributed by atoms with Gasteiger partial charge in [0.25, 0.3) is 0 Å². The second-order valence-corrected chi connectivity index (χ2v) is 3.57. The second kappa shape index (κ2) is 6.45. The van der Waals surface area contributed by atoms with Gasteiger partial charge in [0.05, 0.1) is 24.5 Å². The Balaban J connectivity index is 3.21. The zero-order chi connectivity index (χ0) is 13.5. The maximum atomic E-state index is 11.1. The predicted molar refractivity (Wildman–Crippen MR) is 67.8 cm³/mol. The van der Waals surface area contributed by atoms with E-state index in [-0.39, 0.29) is 11.4 Å². The highest BCUT2D eigenvalue weighted by molar-refractivity contribution is 5.69. The largest absolute Gasteiger partial charge is 0.490 e. The molecule has 1 rings (SSSR count). The smallest absolute Gasteiger partial charge is 0.333 e. The average molecular weight is 249 g/mol. The first-order valence-electron chi connectivity index (χ1n) is 5.59. The summed E-state index contributed by atoms with van der Waals surface area (Å²) < 4.78 is 5.01. The molecule has 0 aliphatic carbocycles. The molecule has 0 aromatic heterocycles. The molecule has 1 aromatic rings. The van der Waals surface area contributed by atoms with Crippen molar-refractivity contribution in [1.29, 1.82) is 5.26 Å². The van der Waals surface area contributed by atoms with Gasteiger partial charge in [-0.3, -0.25) is 10.1 Å². The molecule has 18 heavy (non-hydrogen) atoms. The van der Waals surface area contributed by atoms with Crippen molar-refractivity contribution < 1.29 is 9.66 Å². The summed E-state index contributed by atoms with van der Waals surface area (Å²) in [5.74, 6) is 0.230. The molecule has 0 saturated heterocycles. The van der Waals surface area contributed by atoms with E-state index in [4.69, 9.17) is 10.00 Å². The zero-order valence-corrected chi connectivity index (χ0v) is 10.4. The first kappa shape index (κ1) is 13.8. The highest BCUT2D eigenvalue weighted by Crippen LogP contribution is 2.36. The van der Waals surface area contributed by atoms with Crippen molar-refractivity contribution in [2.75, 3.05) is 25.1 Å². The SMILES string of the molecule is CCN(CCC#N)c1cccc(OC)c1[N+](=O)[O-]. The number of nitro groups is 1. The Morgan fingerprint density at radius 2 is 2.28 bits per heavy atom. The van der Waals surface area contributed by atoms with Crippen LogP contribution in [0, 0.1) is 21.4 Å². The van der Waals surface area contributed by atoms with E-state index in [9.17, 15) is 10.1 Å². The molecule has 6 nitrogen and oxygen atoms in total. The van der Waals surface area contributed by atoms with Crippen LogP contribution >= 0.6 is 0 Å². The van der Waals surface area contributed by atoms with E-state index in [0.717, 1.165) is 0 Å². The lowest BCUT2D eigenvalue weighted by Crippen LogP contribution is -2.24. The maximum Gasteiger partial charge on any atom is 0.333 e. The molecule has 96 valence electrons. The summed E-state index contributed by atoms with van der Waals surface area (Å²) in [6, 6.07) is 6.96. The Morgan fingerprint density at radius 1 is 1.56 bits per heavy atom. The highest BCUT2D eigenvalue weighted by Gasteiger charge is 2.23. The maximum absolute atomic E-state index is 11.1. The normalized spacial score (nSPS) is 9.61. The van der Waals surface area contributed by atoms with Crippen molar-refractivity contribution >= 4 is 11.4 Å². The fourth-order valence-corrected chi connectivity index (χ4v) is 1.75. The topological polar surface area (TPSA) is 79.4 Å². The summed E-state index contributed by atoms with van der Waals surface area (Å²) in [6.45, 7) is 2.94. The summed E-state index contributed by atoms with van der Waals surface area (Å²) in [5, 5.41) is 19.7. The van der Waals surface area contributed by atoms with E-state index in [0.29, 0.717) is 25.2 Å². The second-order valence-electron chi connectivity index (χ2n) is 3.57. The van der Waals surface area contributed by atoms with Crippen LogP contribution in [-0.2, 0) is 0 Å². The lowest BCUT2D eigenvalue weighted by atomic mass is 10.2. The lowest BCUT2D eigenvalue weighted by molar-refractivity contribution is -0.385. The van der Waals surface area contributed by atoms with Gasteiger partial charge in [-0.25, -0.2) is 0 Å². The van der Waals surface area contributed by atoms with E-state index < -0.39 is 4.92 Å². The molecule has 0 bridgehead atoms.